The smallest absolute Gasteiger partial charge is 0.123 e. The fourth-order valence-corrected chi connectivity index (χ4v) is 2.72. The first-order valence-electron chi connectivity index (χ1n) is 6.83. The summed E-state index contributed by atoms with van der Waals surface area (Å²) in [5.74, 6) is 0.873. The van der Waals surface area contributed by atoms with Gasteiger partial charge in [0.15, 0.2) is 0 Å². The standard InChI is InChI=1S/C17H20BrNO2/c1-12(20)15-9-8-14(18)10-16(15)19(2)11-13-6-4-5-7-17(13)21-3/h4-10,12,20H,11H2,1-3H3. The normalized spacial score (nSPS) is 12.0. The molecule has 3 nitrogen and oxygen atoms in total. The number of methoxy groups -OCH3 is 1. The zero-order chi connectivity index (χ0) is 15.4. The minimum absolute atomic E-state index is 0.506. The van der Waals surface area contributed by atoms with Crippen molar-refractivity contribution in [3.8, 4) is 5.75 Å². The average Bonchev–Trinajstić information content (AvgIpc) is 2.47. The van der Waals surface area contributed by atoms with Crippen LogP contribution in [0.4, 0.5) is 5.69 Å². The van der Waals surface area contributed by atoms with Gasteiger partial charge in [-0.15, -0.1) is 0 Å². The van der Waals surface area contributed by atoms with Crippen LogP contribution in [-0.4, -0.2) is 19.3 Å². The lowest BCUT2D eigenvalue weighted by molar-refractivity contribution is 0.199. The summed E-state index contributed by atoms with van der Waals surface area (Å²) in [7, 11) is 3.69. The van der Waals surface area contributed by atoms with Gasteiger partial charge in [-0.05, 0) is 25.1 Å². The van der Waals surface area contributed by atoms with E-state index in [0.717, 1.165) is 27.0 Å². The quantitative estimate of drug-likeness (QED) is 0.880. The van der Waals surface area contributed by atoms with Crippen molar-refractivity contribution in [2.24, 2.45) is 0 Å². The van der Waals surface area contributed by atoms with E-state index in [1.165, 1.54) is 0 Å². The van der Waals surface area contributed by atoms with Crippen molar-refractivity contribution < 1.29 is 9.84 Å². The first kappa shape index (κ1) is 15.9. The van der Waals surface area contributed by atoms with Gasteiger partial charge in [-0.1, -0.05) is 40.2 Å². The number of aliphatic hydroxyl groups is 1. The highest BCUT2D eigenvalue weighted by molar-refractivity contribution is 9.10. The monoisotopic (exact) mass is 349 g/mol. The fourth-order valence-electron chi connectivity index (χ4n) is 2.37. The highest BCUT2D eigenvalue weighted by Gasteiger charge is 2.14. The minimum atomic E-state index is -0.506. The molecule has 0 amide bonds. The van der Waals surface area contributed by atoms with Gasteiger partial charge < -0.3 is 14.7 Å². The molecular weight excluding hydrogens is 330 g/mol. The van der Waals surface area contributed by atoms with E-state index in [2.05, 4.69) is 26.9 Å². The molecular formula is C17H20BrNO2. The van der Waals surface area contributed by atoms with Crippen LogP contribution in [0.1, 0.15) is 24.2 Å². The molecule has 0 heterocycles. The predicted molar refractivity (Wildman–Crippen MR) is 89.9 cm³/mol. The molecule has 0 fully saturated rings. The number of anilines is 1. The largest absolute Gasteiger partial charge is 0.496 e. The van der Waals surface area contributed by atoms with Gasteiger partial charge in [-0.3, -0.25) is 0 Å². The van der Waals surface area contributed by atoms with E-state index in [1.807, 2.05) is 43.4 Å². The van der Waals surface area contributed by atoms with Gasteiger partial charge in [0.05, 0.1) is 13.2 Å². The predicted octanol–water partition coefficient (Wildman–Crippen LogP) is 4.15. The molecule has 1 unspecified atom stereocenters. The Balaban J connectivity index is 2.32. The van der Waals surface area contributed by atoms with Gasteiger partial charge in [0, 0.05) is 34.9 Å². The van der Waals surface area contributed by atoms with Gasteiger partial charge >= 0.3 is 0 Å². The third kappa shape index (κ3) is 3.77. The van der Waals surface area contributed by atoms with Crippen LogP contribution < -0.4 is 9.64 Å². The summed E-state index contributed by atoms with van der Waals surface area (Å²) in [4.78, 5) is 2.12. The van der Waals surface area contributed by atoms with Crippen molar-refractivity contribution in [3.63, 3.8) is 0 Å². The van der Waals surface area contributed by atoms with Crippen LogP contribution >= 0.6 is 15.9 Å². The first-order valence-corrected chi connectivity index (χ1v) is 7.62. The molecule has 1 atom stereocenters. The second-order valence-corrected chi connectivity index (χ2v) is 5.96. The van der Waals surface area contributed by atoms with Crippen molar-refractivity contribution in [3.05, 3.63) is 58.1 Å². The van der Waals surface area contributed by atoms with Crippen LogP contribution in [0.5, 0.6) is 5.75 Å². The fraction of sp³-hybridized carbons (Fsp3) is 0.294. The summed E-state index contributed by atoms with van der Waals surface area (Å²) in [6.07, 6.45) is -0.506. The van der Waals surface area contributed by atoms with E-state index in [4.69, 9.17) is 4.74 Å². The van der Waals surface area contributed by atoms with E-state index >= 15 is 0 Å². The van der Waals surface area contributed by atoms with Crippen molar-refractivity contribution in [1.82, 2.24) is 0 Å². The van der Waals surface area contributed by atoms with Crippen LogP contribution in [-0.2, 0) is 6.54 Å². The Morgan fingerprint density at radius 1 is 1.24 bits per heavy atom. The van der Waals surface area contributed by atoms with Gasteiger partial charge in [-0.2, -0.15) is 0 Å². The Hall–Kier alpha value is -1.52. The van der Waals surface area contributed by atoms with Crippen LogP contribution in [0.25, 0.3) is 0 Å². The molecule has 2 rings (SSSR count). The number of hydrogen-bond acceptors (Lipinski definition) is 3. The van der Waals surface area contributed by atoms with Crippen molar-refractivity contribution in [1.29, 1.82) is 0 Å². The molecule has 0 saturated carbocycles. The third-order valence-corrected chi connectivity index (χ3v) is 3.95. The van der Waals surface area contributed by atoms with E-state index in [-0.39, 0.29) is 0 Å². The van der Waals surface area contributed by atoms with Gasteiger partial charge in [0.1, 0.15) is 5.75 Å². The first-order chi connectivity index (χ1) is 10.0. The third-order valence-electron chi connectivity index (χ3n) is 3.45. The average molecular weight is 350 g/mol. The second kappa shape index (κ2) is 6.96. The Kier molecular flexibility index (Phi) is 5.26. The minimum Gasteiger partial charge on any atom is -0.496 e. The summed E-state index contributed by atoms with van der Waals surface area (Å²) in [6, 6.07) is 13.9. The maximum absolute atomic E-state index is 9.94. The molecule has 1 N–H and O–H groups in total. The SMILES string of the molecule is COc1ccccc1CN(C)c1cc(Br)ccc1C(C)O. The summed E-state index contributed by atoms with van der Waals surface area (Å²) in [5.41, 5.74) is 3.03. The topological polar surface area (TPSA) is 32.7 Å². The lowest BCUT2D eigenvalue weighted by atomic mass is 10.1. The molecule has 0 aliphatic carbocycles. The number of benzene rings is 2. The molecule has 0 bridgehead atoms. The van der Waals surface area contributed by atoms with Crippen molar-refractivity contribution in [2.45, 2.75) is 19.6 Å². The number of ether oxygens (including phenoxy) is 1. The lowest BCUT2D eigenvalue weighted by Gasteiger charge is -2.25. The highest BCUT2D eigenvalue weighted by atomic mass is 79.9. The van der Waals surface area contributed by atoms with Gasteiger partial charge in [0.2, 0.25) is 0 Å². The highest BCUT2D eigenvalue weighted by Crippen LogP contribution is 2.31. The molecule has 0 aromatic heterocycles. The molecule has 21 heavy (non-hydrogen) atoms. The number of nitrogens with zero attached hydrogens (tertiary/aromatic N) is 1. The zero-order valence-corrected chi connectivity index (χ0v) is 14.1. The van der Waals surface area contributed by atoms with E-state index in [9.17, 15) is 5.11 Å². The molecule has 4 heteroatoms. The van der Waals surface area contributed by atoms with Crippen molar-refractivity contribution >= 4 is 21.6 Å². The number of halogens is 1. The van der Waals surface area contributed by atoms with Gasteiger partial charge in [-0.25, -0.2) is 0 Å². The summed E-state index contributed by atoms with van der Waals surface area (Å²) < 4.78 is 6.39. The molecule has 2 aromatic carbocycles. The lowest BCUT2D eigenvalue weighted by Crippen LogP contribution is -2.19. The van der Waals surface area contributed by atoms with Crippen molar-refractivity contribution in [2.75, 3.05) is 19.1 Å². The van der Waals surface area contributed by atoms with Crippen LogP contribution in [0.3, 0.4) is 0 Å². The number of para-hydroxylation sites is 1. The maximum Gasteiger partial charge on any atom is 0.123 e. The Labute approximate surface area is 134 Å². The molecule has 0 radical (unpaired) electrons. The summed E-state index contributed by atoms with van der Waals surface area (Å²) in [6.45, 7) is 2.49. The summed E-state index contributed by atoms with van der Waals surface area (Å²) >= 11 is 3.49. The van der Waals surface area contributed by atoms with Crippen LogP contribution in [0, 0.1) is 0 Å². The second-order valence-electron chi connectivity index (χ2n) is 5.05. The molecule has 112 valence electrons. The maximum atomic E-state index is 9.94. The number of hydrogen-bond donors (Lipinski definition) is 1. The molecule has 0 saturated heterocycles. The molecule has 0 aliphatic rings. The molecule has 0 aliphatic heterocycles. The van der Waals surface area contributed by atoms with E-state index < -0.39 is 6.10 Å². The Bertz CT molecular complexity index is 613. The van der Waals surface area contributed by atoms with Crippen LogP contribution in [0.15, 0.2) is 46.9 Å². The number of rotatable bonds is 5. The van der Waals surface area contributed by atoms with E-state index in [1.54, 1.807) is 14.0 Å². The Morgan fingerprint density at radius 2 is 1.95 bits per heavy atom. The van der Waals surface area contributed by atoms with Gasteiger partial charge in [0.25, 0.3) is 0 Å². The summed E-state index contributed by atoms with van der Waals surface area (Å²) in [5, 5.41) is 9.94. The molecule has 0 spiro atoms. The van der Waals surface area contributed by atoms with E-state index in [0.29, 0.717) is 6.54 Å². The molecule has 2 aromatic rings. The number of aliphatic hydroxyl groups excluding tert-OH is 1. The Morgan fingerprint density at radius 3 is 2.62 bits per heavy atom. The zero-order valence-electron chi connectivity index (χ0n) is 12.5. The van der Waals surface area contributed by atoms with Crippen LogP contribution in [0.2, 0.25) is 0 Å².